The monoisotopic (exact) mass is 234 g/mol. The fraction of sp³-hybridized carbons (Fsp3) is 0.100. The highest BCUT2D eigenvalue weighted by molar-refractivity contribution is 7.16. The van der Waals surface area contributed by atoms with E-state index in [2.05, 4.69) is 15.5 Å². The van der Waals surface area contributed by atoms with E-state index in [1.165, 1.54) is 0 Å². The molecule has 1 heterocycles. The van der Waals surface area contributed by atoms with Gasteiger partial charge in [0.1, 0.15) is 0 Å². The van der Waals surface area contributed by atoms with Crippen LogP contribution in [0.2, 0.25) is 0 Å². The Morgan fingerprint density at radius 1 is 1.38 bits per heavy atom. The van der Waals surface area contributed by atoms with Crippen LogP contribution in [0.5, 0.6) is 0 Å². The van der Waals surface area contributed by atoms with Crippen molar-refractivity contribution in [2.24, 2.45) is 0 Å². The summed E-state index contributed by atoms with van der Waals surface area (Å²) in [5.41, 5.74) is 7.16. The minimum absolute atomic E-state index is 0.265. The number of aromatic nitrogens is 2. The molecule has 0 aliphatic rings. The average Bonchev–Trinajstić information content (AvgIpc) is 2.68. The molecule has 0 saturated carbocycles. The van der Waals surface area contributed by atoms with Crippen LogP contribution < -0.4 is 11.1 Å². The van der Waals surface area contributed by atoms with Crippen LogP contribution in [0, 0.1) is 6.92 Å². The molecule has 0 unspecified atom stereocenters. The van der Waals surface area contributed by atoms with Crippen molar-refractivity contribution in [1.82, 2.24) is 10.2 Å². The summed E-state index contributed by atoms with van der Waals surface area (Å²) >= 11 is 1.06. The molecular weight excluding hydrogens is 224 g/mol. The highest BCUT2D eigenvalue weighted by Crippen LogP contribution is 2.16. The summed E-state index contributed by atoms with van der Waals surface area (Å²) in [6, 6.07) is 7.52. The maximum Gasteiger partial charge on any atom is 0.286 e. The van der Waals surface area contributed by atoms with Crippen molar-refractivity contribution in [3.63, 3.8) is 0 Å². The minimum Gasteiger partial charge on any atom is -0.374 e. The Kier molecular flexibility index (Phi) is 2.82. The molecule has 0 spiro atoms. The molecule has 0 atom stereocenters. The molecule has 0 aliphatic carbocycles. The maximum atomic E-state index is 11.7. The van der Waals surface area contributed by atoms with Crippen LogP contribution in [0.1, 0.15) is 15.4 Å². The van der Waals surface area contributed by atoms with Crippen molar-refractivity contribution < 1.29 is 4.79 Å². The number of nitrogens with one attached hydrogen (secondary N) is 1. The minimum atomic E-state index is -0.288. The van der Waals surface area contributed by atoms with E-state index in [9.17, 15) is 4.79 Å². The summed E-state index contributed by atoms with van der Waals surface area (Å²) in [7, 11) is 0. The number of hydrogen-bond acceptors (Lipinski definition) is 5. The third-order valence-corrected chi connectivity index (χ3v) is 2.78. The molecule has 82 valence electrons. The molecule has 0 saturated heterocycles. The standard InChI is InChI=1S/C10H10N4OS/c1-6-4-2-3-5-7(6)12-8(15)9-13-14-10(11)16-9/h2-5H,1H3,(H2,11,14)(H,12,15). The topological polar surface area (TPSA) is 80.9 Å². The van der Waals surface area contributed by atoms with Crippen LogP contribution in [0.25, 0.3) is 0 Å². The molecule has 1 aromatic heterocycles. The summed E-state index contributed by atoms with van der Waals surface area (Å²) in [4.78, 5) is 11.7. The molecule has 16 heavy (non-hydrogen) atoms. The highest BCUT2D eigenvalue weighted by atomic mass is 32.1. The molecule has 0 radical (unpaired) electrons. The summed E-state index contributed by atoms with van der Waals surface area (Å²) in [6.45, 7) is 1.92. The zero-order chi connectivity index (χ0) is 11.5. The maximum absolute atomic E-state index is 11.7. The Labute approximate surface area is 96.3 Å². The molecule has 0 bridgehead atoms. The van der Waals surface area contributed by atoms with Gasteiger partial charge in [-0.3, -0.25) is 4.79 Å². The normalized spacial score (nSPS) is 10.1. The number of amides is 1. The molecule has 3 N–H and O–H groups in total. The number of hydrogen-bond donors (Lipinski definition) is 2. The lowest BCUT2D eigenvalue weighted by Gasteiger charge is -2.05. The van der Waals surface area contributed by atoms with E-state index in [-0.39, 0.29) is 16.0 Å². The third kappa shape index (κ3) is 2.17. The number of benzene rings is 1. The van der Waals surface area contributed by atoms with Gasteiger partial charge < -0.3 is 11.1 Å². The molecule has 2 rings (SSSR count). The van der Waals surface area contributed by atoms with Gasteiger partial charge in [0.2, 0.25) is 10.1 Å². The van der Waals surface area contributed by atoms with E-state index in [0.29, 0.717) is 0 Å². The van der Waals surface area contributed by atoms with E-state index >= 15 is 0 Å². The van der Waals surface area contributed by atoms with E-state index in [4.69, 9.17) is 5.73 Å². The number of nitrogens with zero attached hydrogens (tertiary/aromatic N) is 2. The van der Waals surface area contributed by atoms with Gasteiger partial charge in [0, 0.05) is 5.69 Å². The predicted molar refractivity (Wildman–Crippen MR) is 63.5 cm³/mol. The Morgan fingerprint density at radius 2 is 2.12 bits per heavy atom. The number of carbonyl (C=O) groups excluding carboxylic acids is 1. The van der Waals surface area contributed by atoms with Crippen molar-refractivity contribution in [2.45, 2.75) is 6.92 Å². The highest BCUT2D eigenvalue weighted by Gasteiger charge is 2.12. The van der Waals surface area contributed by atoms with Crippen molar-refractivity contribution in [2.75, 3.05) is 11.1 Å². The Hall–Kier alpha value is -1.95. The van der Waals surface area contributed by atoms with Crippen molar-refractivity contribution in [3.8, 4) is 0 Å². The summed E-state index contributed by atoms with van der Waals surface area (Å²) < 4.78 is 0. The Morgan fingerprint density at radius 3 is 2.75 bits per heavy atom. The second-order valence-electron chi connectivity index (χ2n) is 3.21. The van der Waals surface area contributed by atoms with Crippen LogP contribution in [0.3, 0.4) is 0 Å². The first-order chi connectivity index (χ1) is 7.66. The van der Waals surface area contributed by atoms with E-state index < -0.39 is 0 Å². The van der Waals surface area contributed by atoms with Crippen LogP contribution >= 0.6 is 11.3 Å². The largest absolute Gasteiger partial charge is 0.374 e. The fourth-order valence-electron chi connectivity index (χ4n) is 1.22. The Balaban J connectivity index is 2.17. The lowest BCUT2D eigenvalue weighted by Crippen LogP contribution is -2.12. The first-order valence-electron chi connectivity index (χ1n) is 4.63. The molecular formula is C10H10N4OS. The zero-order valence-electron chi connectivity index (χ0n) is 8.60. The van der Waals surface area contributed by atoms with Gasteiger partial charge in [0.05, 0.1) is 0 Å². The van der Waals surface area contributed by atoms with E-state index in [1.54, 1.807) is 0 Å². The van der Waals surface area contributed by atoms with Crippen molar-refractivity contribution in [1.29, 1.82) is 0 Å². The third-order valence-electron chi connectivity index (χ3n) is 2.03. The molecule has 0 fully saturated rings. The lowest BCUT2D eigenvalue weighted by molar-refractivity contribution is 0.102. The van der Waals surface area contributed by atoms with Gasteiger partial charge in [0.15, 0.2) is 0 Å². The number of nitrogen functional groups attached to an aromatic ring is 1. The van der Waals surface area contributed by atoms with Crippen molar-refractivity contribution in [3.05, 3.63) is 34.8 Å². The fourth-order valence-corrected chi connectivity index (χ4v) is 1.72. The van der Waals surface area contributed by atoms with Gasteiger partial charge in [0.25, 0.3) is 5.91 Å². The number of aryl methyl sites for hydroxylation is 1. The van der Waals surface area contributed by atoms with Gasteiger partial charge in [-0.05, 0) is 18.6 Å². The predicted octanol–water partition coefficient (Wildman–Crippen LogP) is 1.68. The molecule has 2 aromatic rings. The zero-order valence-corrected chi connectivity index (χ0v) is 9.41. The summed E-state index contributed by atoms with van der Waals surface area (Å²) in [5, 5.41) is 10.6. The molecule has 5 nitrogen and oxygen atoms in total. The van der Waals surface area contributed by atoms with Gasteiger partial charge in [-0.25, -0.2) is 0 Å². The Bertz CT molecular complexity index is 523. The van der Waals surface area contributed by atoms with Crippen LogP contribution in [0.15, 0.2) is 24.3 Å². The summed E-state index contributed by atoms with van der Waals surface area (Å²) in [5.74, 6) is -0.288. The first-order valence-corrected chi connectivity index (χ1v) is 5.44. The summed E-state index contributed by atoms with van der Waals surface area (Å²) in [6.07, 6.45) is 0. The number of rotatable bonds is 2. The quantitative estimate of drug-likeness (QED) is 0.828. The molecule has 1 amide bonds. The number of carbonyl (C=O) groups is 1. The van der Waals surface area contributed by atoms with Crippen LogP contribution in [0.4, 0.5) is 10.8 Å². The molecule has 6 heteroatoms. The SMILES string of the molecule is Cc1ccccc1NC(=O)c1nnc(N)s1. The van der Waals surface area contributed by atoms with Gasteiger partial charge in [-0.15, -0.1) is 10.2 Å². The smallest absolute Gasteiger partial charge is 0.286 e. The molecule has 0 aliphatic heterocycles. The number of nitrogens with two attached hydrogens (primary N) is 1. The van der Waals surface area contributed by atoms with Crippen LogP contribution in [-0.2, 0) is 0 Å². The lowest BCUT2D eigenvalue weighted by atomic mass is 10.2. The number of para-hydroxylation sites is 1. The first kappa shape index (κ1) is 10.6. The van der Waals surface area contributed by atoms with Gasteiger partial charge >= 0.3 is 0 Å². The number of anilines is 2. The van der Waals surface area contributed by atoms with Crippen molar-refractivity contribution >= 4 is 28.1 Å². The van der Waals surface area contributed by atoms with E-state index in [0.717, 1.165) is 22.6 Å². The van der Waals surface area contributed by atoms with Gasteiger partial charge in [-0.2, -0.15) is 0 Å². The second-order valence-corrected chi connectivity index (χ2v) is 4.22. The molecule has 1 aromatic carbocycles. The van der Waals surface area contributed by atoms with Crippen LogP contribution in [-0.4, -0.2) is 16.1 Å². The second kappa shape index (κ2) is 4.28. The van der Waals surface area contributed by atoms with E-state index in [1.807, 2.05) is 31.2 Å². The van der Waals surface area contributed by atoms with Gasteiger partial charge in [-0.1, -0.05) is 29.5 Å². The average molecular weight is 234 g/mol.